The lowest BCUT2D eigenvalue weighted by Gasteiger charge is -2.18. The molecule has 0 heterocycles. The van der Waals surface area contributed by atoms with Crippen LogP contribution in [-0.4, -0.2) is 6.04 Å². The second-order valence-electron chi connectivity index (χ2n) is 5.36. The zero-order valence-electron chi connectivity index (χ0n) is 8.84. The Balaban J connectivity index is 1.66. The highest BCUT2D eigenvalue weighted by Crippen LogP contribution is 2.37. The molecule has 1 nitrogen and oxygen atoms in total. The molecule has 2 aliphatic rings. The first-order valence-corrected chi connectivity index (χ1v) is 6.01. The maximum Gasteiger partial charge on any atom is 0.00673 e. The van der Waals surface area contributed by atoms with Crippen molar-refractivity contribution in [1.82, 2.24) is 0 Å². The van der Waals surface area contributed by atoms with Crippen LogP contribution in [0.5, 0.6) is 0 Å². The second kappa shape index (κ2) is 4.00. The van der Waals surface area contributed by atoms with Crippen LogP contribution in [0.4, 0.5) is 0 Å². The summed E-state index contributed by atoms with van der Waals surface area (Å²) in [5.41, 5.74) is 6.22. The molecule has 0 bridgehead atoms. The predicted molar refractivity (Wildman–Crippen MR) is 56.4 cm³/mol. The third-order valence-electron chi connectivity index (χ3n) is 3.95. The highest BCUT2D eigenvalue weighted by atomic mass is 14.7. The molecule has 2 rings (SSSR count). The molecule has 1 heteroatoms. The van der Waals surface area contributed by atoms with E-state index in [2.05, 4.69) is 6.92 Å². The summed E-state index contributed by atoms with van der Waals surface area (Å²) in [4.78, 5) is 0. The van der Waals surface area contributed by atoms with Crippen LogP contribution in [-0.2, 0) is 0 Å². The van der Waals surface area contributed by atoms with Gasteiger partial charge in [0.15, 0.2) is 0 Å². The maximum atomic E-state index is 6.22. The molecule has 76 valence electrons. The molecule has 2 N–H and O–H groups in total. The highest BCUT2D eigenvalue weighted by Gasteiger charge is 2.28. The lowest BCUT2D eigenvalue weighted by molar-refractivity contribution is 0.384. The van der Waals surface area contributed by atoms with Gasteiger partial charge in [-0.05, 0) is 43.4 Å². The number of hydrogen-bond acceptors (Lipinski definition) is 1. The van der Waals surface area contributed by atoms with Crippen LogP contribution >= 0.6 is 0 Å². The minimum absolute atomic E-state index is 0.519. The molecule has 0 saturated heterocycles. The third kappa shape index (κ3) is 2.70. The first-order valence-electron chi connectivity index (χ1n) is 6.01. The molecule has 13 heavy (non-hydrogen) atoms. The van der Waals surface area contributed by atoms with Gasteiger partial charge in [0.1, 0.15) is 0 Å². The molecule has 0 aromatic carbocycles. The Morgan fingerprint density at radius 3 is 2.54 bits per heavy atom. The Kier molecular flexibility index (Phi) is 2.92. The molecular weight excluding hydrogens is 158 g/mol. The summed E-state index contributed by atoms with van der Waals surface area (Å²) in [6, 6.07) is 0.519. The maximum absolute atomic E-state index is 6.22. The molecule has 2 fully saturated rings. The summed E-state index contributed by atoms with van der Waals surface area (Å²) in [6.45, 7) is 2.37. The Morgan fingerprint density at radius 2 is 2.00 bits per heavy atom. The summed E-state index contributed by atoms with van der Waals surface area (Å²) >= 11 is 0. The zero-order valence-corrected chi connectivity index (χ0v) is 8.84. The second-order valence-corrected chi connectivity index (χ2v) is 5.36. The fourth-order valence-corrected chi connectivity index (χ4v) is 2.71. The van der Waals surface area contributed by atoms with E-state index < -0.39 is 0 Å². The molecule has 3 atom stereocenters. The summed E-state index contributed by atoms with van der Waals surface area (Å²) in [7, 11) is 0. The molecule has 3 unspecified atom stereocenters. The van der Waals surface area contributed by atoms with Crippen molar-refractivity contribution < 1.29 is 0 Å². The quantitative estimate of drug-likeness (QED) is 0.709. The van der Waals surface area contributed by atoms with E-state index in [1.54, 1.807) is 0 Å². The monoisotopic (exact) mass is 181 g/mol. The SMILES string of the molecule is CC1CCC(C(N)CCC2CC2)C1. The van der Waals surface area contributed by atoms with E-state index in [0.717, 1.165) is 17.8 Å². The molecule has 0 aromatic heterocycles. The van der Waals surface area contributed by atoms with Crippen LogP contribution in [0, 0.1) is 17.8 Å². The predicted octanol–water partition coefficient (Wildman–Crippen LogP) is 2.94. The minimum atomic E-state index is 0.519. The van der Waals surface area contributed by atoms with Crippen molar-refractivity contribution in [2.75, 3.05) is 0 Å². The lowest BCUT2D eigenvalue weighted by Crippen LogP contribution is -2.28. The van der Waals surface area contributed by atoms with Gasteiger partial charge >= 0.3 is 0 Å². The van der Waals surface area contributed by atoms with Crippen LogP contribution in [0.3, 0.4) is 0 Å². The van der Waals surface area contributed by atoms with Crippen LogP contribution < -0.4 is 5.73 Å². The third-order valence-corrected chi connectivity index (χ3v) is 3.95. The van der Waals surface area contributed by atoms with Crippen LogP contribution in [0.1, 0.15) is 51.9 Å². The summed E-state index contributed by atoms with van der Waals surface area (Å²) in [6.07, 6.45) is 9.87. The van der Waals surface area contributed by atoms with Crippen molar-refractivity contribution in [2.24, 2.45) is 23.5 Å². The van der Waals surface area contributed by atoms with Crippen molar-refractivity contribution in [3.8, 4) is 0 Å². The van der Waals surface area contributed by atoms with Crippen molar-refractivity contribution in [1.29, 1.82) is 0 Å². The Hall–Kier alpha value is -0.0400. The highest BCUT2D eigenvalue weighted by molar-refractivity contribution is 4.83. The van der Waals surface area contributed by atoms with Crippen LogP contribution in [0.15, 0.2) is 0 Å². The summed E-state index contributed by atoms with van der Waals surface area (Å²) in [5.74, 6) is 2.86. The van der Waals surface area contributed by atoms with Gasteiger partial charge in [-0.3, -0.25) is 0 Å². The average Bonchev–Trinajstić information content (AvgIpc) is 2.84. The number of hydrogen-bond donors (Lipinski definition) is 1. The zero-order chi connectivity index (χ0) is 9.26. The first kappa shape index (κ1) is 9.51. The van der Waals surface area contributed by atoms with Crippen molar-refractivity contribution in [3.05, 3.63) is 0 Å². The summed E-state index contributed by atoms with van der Waals surface area (Å²) < 4.78 is 0. The van der Waals surface area contributed by atoms with E-state index in [-0.39, 0.29) is 0 Å². The standard InChI is InChI=1S/C12H23N/c1-9-2-6-11(8-9)12(13)7-5-10-3-4-10/h9-12H,2-8,13H2,1H3. The van der Waals surface area contributed by atoms with E-state index in [1.165, 1.54) is 44.9 Å². The van der Waals surface area contributed by atoms with Gasteiger partial charge in [0.25, 0.3) is 0 Å². The van der Waals surface area contributed by atoms with Crippen LogP contribution in [0.2, 0.25) is 0 Å². The Bertz CT molecular complexity index is 163. The van der Waals surface area contributed by atoms with Crippen LogP contribution in [0.25, 0.3) is 0 Å². The average molecular weight is 181 g/mol. The van der Waals surface area contributed by atoms with Gasteiger partial charge < -0.3 is 5.73 Å². The van der Waals surface area contributed by atoms with Gasteiger partial charge in [-0.15, -0.1) is 0 Å². The fourth-order valence-electron chi connectivity index (χ4n) is 2.71. The molecule has 0 amide bonds. The normalized spacial score (nSPS) is 36.5. The van der Waals surface area contributed by atoms with Gasteiger partial charge in [-0.25, -0.2) is 0 Å². The molecule has 2 saturated carbocycles. The van der Waals surface area contributed by atoms with Gasteiger partial charge in [0.2, 0.25) is 0 Å². The molecule has 0 spiro atoms. The van der Waals surface area contributed by atoms with Crippen molar-refractivity contribution in [2.45, 2.75) is 57.9 Å². The molecule has 2 aliphatic carbocycles. The van der Waals surface area contributed by atoms with Crippen molar-refractivity contribution in [3.63, 3.8) is 0 Å². The molecule has 0 aliphatic heterocycles. The Morgan fingerprint density at radius 1 is 1.23 bits per heavy atom. The van der Waals surface area contributed by atoms with E-state index in [9.17, 15) is 0 Å². The van der Waals surface area contributed by atoms with Crippen molar-refractivity contribution >= 4 is 0 Å². The fraction of sp³-hybridized carbons (Fsp3) is 1.00. The smallest absolute Gasteiger partial charge is 0.00673 e. The van der Waals surface area contributed by atoms with Gasteiger partial charge in [0, 0.05) is 6.04 Å². The topological polar surface area (TPSA) is 26.0 Å². The van der Waals surface area contributed by atoms with Gasteiger partial charge in [0.05, 0.1) is 0 Å². The Labute approximate surface area is 82.1 Å². The largest absolute Gasteiger partial charge is 0.327 e. The lowest BCUT2D eigenvalue weighted by atomic mass is 9.93. The molecule has 0 radical (unpaired) electrons. The summed E-state index contributed by atoms with van der Waals surface area (Å²) in [5, 5.41) is 0. The van der Waals surface area contributed by atoms with E-state index in [4.69, 9.17) is 5.73 Å². The van der Waals surface area contributed by atoms with Gasteiger partial charge in [-0.1, -0.05) is 26.2 Å². The minimum Gasteiger partial charge on any atom is -0.327 e. The van der Waals surface area contributed by atoms with Gasteiger partial charge in [-0.2, -0.15) is 0 Å². The van der Waals surface area contributed by atoms with E-state index >= 15 is 0 Å². The van der Waals surface area contributed by atoms with E-state index in [0.29, 0.717) is 6.04 Å². The van der Waals surface area contributed by atoms with E-state index in [1.807, 2.05) is 0 Å². The molecular formula is C12H23N. The first-order chi connectivity index (χ1) is 6.25. The number of nitrogens with two attached hydrogens (primary N) is 1. The number of rotatable bonds is 4. The molecule has 0 aromatic rings.